The van der Waals surface area contributed by atoms with Gasteiger partial charge < -0.3 is 10.1 Å². The maximum Gasteiger partial charge on any atom is 0.255 e. The van der Waals surface area contributed by atoms with Crippen molar-refractivity contribution in [2.45, 2.75) is 45.4 Å². The average Bonchev–Trinajstić information content (AvgIpc) is 2.70. The minimum atomic E-state index is -3.66. The van der Waals surface area contributed by atoms with E-state index < -0.39 is 10.0 Å². The summed E-state index contributed by atoms with van der Waals surface area (Å²) in [7, 11) is -3.66. The molecule has 1 N–H and O–H groups in total. The van der Waals surface area contributed by atoms with Gasteiger partial charge in [0.15, 0.2) is 0 Å². The molecular weight excluding hydrogens is 388 g/mol. The predicted molar refractivity (Wildman–Crippen MR) is 116 cm³/mol. The van der Waals surface area contributed by atoms with E-state index in [1.165, 1.54) is 10.4 Å². The maximum atomic E-state index is 12.9. The van der Waals surface area contributed by atoms with Crippen molar-refractivity contribution in [3.63, 3.8) is 0 Å². The van der Waals surface area contributed by atoms with Crippen LogP contribution in [0.25, 0.3) is 0 Å². The third-order valence-electron chi connectivity index (χ3n) is 4.66. The second kappa shape index (κ2) is 10.4. The summed E-state index contributed by atoms with van der Waals surface area (Å²) in [4.78, 5) is 13.0. The quantitative estimate of drug-likeness (QED) is 0.578. The number of unbranched alkanes of at least 4 members (excludes halogenated alkanes) is 1. The highest BCUT2D eigenvalue weighted by molar-refractivity contribution is 7.89. The summed E-state index contributed by atoms with van der Waals surface area (Å²) in [5, 5.41) is 2.84. The zero-order valence-electron chi connectivity index (χ0n) is 17.6. The average molecular weight is 419 g/mol. The van der Waals surface area contributed by atoms with Gasteiger partial charge in [-0.1, -0.05) is 45.4 Å². The van der Waals surface area contributed by atoms with Crippen LogP contribution >= 0.6 is 0 Å². The first kappa shape index (κ1) is 22.9. The number of rotatable bonds is 10. The largest absolute Gasteiger partial charge is 0.491 e. The first-order valence-electron chi connectivity index (χ1n) is 9.99. The van der Waals surface area contributed by atoms with Gasteiger partial charge in [-0.2, -0.15) is 4.31 Å². The van der Waals surface area contributed by atoms with E-state index in [9.17, 15) is 13.2 Å². The van der Waals surface area contributed by atoms with Gasteiger partial charge in [0.1, 0.15) is 5.75 Å². The van der Waals surface area contributed by atoms with Gasteiger partial charge in [-0.15, -0.1) is 0 Å². The van der Waals surface area contributed by atoms with Crippen molar-refractivity contribution < 1.29 is 17.9 Å². The Morgan fingerprint density at radius 2 is 1.76 bits per heavy atom. The van der Waals surface area contributed by atoms with Crippen LogP contribution in [0, 0.1) is 6.92 Å². The molecule has 0 spiro atoms. The number of hydrogen-bond acceptors (Lipinski definition) is 4. The summed E-state index contributed by atoms with van der Waals surface area (Å²) in [6.07, 6.45) is 1.94. The molecule has 0 aliphatic carbocycles. The van der Waals surface area contributed by atoms with Gasteiger partial charge >= 0.3 is 0 Å². The fraction of sp³-hybridized carbons (Fsp3) is 0.409. The van der Waals surface area contributed by atoms with Crippen LogP contribution in [0.1, 0.15) is 49.5 Å². The van der Waals surface area contributed by atoms with Crippen molar-refractivity contribution in [3.05, 3.63) is 53.6 Å². The molecule has 0 saturated carbocycles. The Morgan fingerprint density at radius 3 is 2.41 bits per heavy atom. The number of benzene rings is 2. The van der Waals surface area contributed by atoms with Gasteiger partial charge in [-0.05, 0) is 43.2 Å². The van der Waals surface area contributed by atoms with Crippen molar-refractivity contribution in [2.24, 2.45) is 0 Å². The molecule has 2 aromatic rings. The van der Waals surface area contributed by atoms with Crippen molar-refractivity contribution in [2.75, 3.05) is 25.0 Å². The van der Waals surface area contributed by atoms with Crippen molar-refractivity contribution >= 4 is 21.6 Å². The first-order chi connectivity index (χ1) is 13.8. The van der Waals surface area contributed by atoms with E-state index in [1.807, 2.05) is 12.1 Å². The van der Waals surface area contributed by atoms with Crippen LogP contribution in [0.5, 0.6) is 5.75 Å². The molecule has 0 aliphatic heterocycles. The molecule has 0 radical (unpaired) electrons. The first-order valence-corrected chi connectivity index (χ1v) is 11.4. The maximum absolute atomic E-state index is 12.9. The Bertz CT molecular complexity index is 938. The second-order valence-electron chi connectivity index (χ2n) is 6.72. The second-order valence-corrected chi connectivity index (χ2v) is 8.63. The molecule has 2 aromatic carbocycles. The smallest absolute Gasteiger partial charge is 0.255 e. The van der Waals surface area contributed by atoms with Gasteiger partial charge in [0.2, 0.25) is 10.0 Å². The van der Waals surface area contributed by atoms with E-state index in [2.05, 4.69) is 12.2 Å². The summed E-state index contributed by atoms with van der Waals surface area (Å²) in [5.41, 5.74) is 1.45. The Labute approximate surface area is 173 Å². The molecule has 0 aliphatic rings. The minimum Gasteiger partial charge on any atom is -0.491 e. The van der Waals surface area contributed by atoms with E-state index in [1.54, 1.807) is 45.0 Å². The molecule has 6 nitrogen and oxygen atoms in total. The molecule has 29 heavy (non-hydrogen) atoms. The molecule has 0 bridgehead atoms. The highest BCUT2D eigenvalue weighted by Crippen LogP contribution is 2.26. The number of nitrogens with zero attached hydrogens (tertiary/aromatic N) is 1. The molecule has 0 aromatic heterocycles. The lowest BCUT2D eigenvalue weighted by molar-refractivity contribution is 0.102. The summed E-state index contributed by atoms with van der Waals surface area (Å²) < 4.78 is 33.0. The van der Waals surface area contributed by atoms with E-state index in [4.69, 9.17) is 4.74 Å². The monoisotopic (exact) mass is 418 g/mol. The van der Waals surface area contributed by atoms with Crippen LogP contribution in [0.15, 0.2) is 47.4 Å². The summed E-state index contributed by atoms with van der Waals surface area (Å²) in [5.74, 6) is 0.213. The van der Waals surface area contributed by atoms with Crippen LogP contribution in [0.2, 0.25) is 0 Å². The summed E-state index contributed by atoms with van der Waals surface area (Å²) in [6.45, 7) is 8.71. The SMILES string of the molecule is CCCCOc1ccccc1NC(=O)c1ccc(C)c(S(=O)(=O)N(CC)CC)c1. The van der Waals surface area contributed by atoms with Crippen molar-refractivity contribution in [1.82, 2.24) is 4.31 Å². The molecule has 7 heteroatoms. The molecule has 1 amide bonds. The fourth-order valence-electron chi connectivity index (χ4n) is 2.94. The van der Waals surface area contributed by atoms with Crippen LogP contribution in [0.4, 0.5) is 5.69 Å². The van der Waals surface area contributed by atoms with E-state index in [0.717, 1.165) is 12.8 Å². The number of amides is 1. The zero-order valence-corrected chi connectivity index (χ0v) is 18.4. The van der Waals surface area contributed by atoms with Gasteiger partial charge in [0.05, 0.1) is 17.2 Å². The molecule has 2 rings (SSSR count). The lowest BCUT2D eigenvalue weighted by atomic mass is 10.1. The van der Waals surface area contributed by atoms with E-state index >= 15 is 0 Å². The summed E-state index contributed by atoms with van der Waals surface area (Å²) >= 11 is 0. The summed E-state index contributed by atoms with van der Waals surface area (Å²) in [6, 6.07) is 12.0. The number of anilines is 1. The zero-order chi connectivity index (χ0) is 21.4. The van der Waals surface area contributed by atoms with E-state index in [-0.39, 0.29) is 16.4 Å². The highest BCUT2D eigenvalue weighted by atomic mass is 32.2. The Morgan fingerprint density at radius 1 is 1.07 bits per heavy atom. The predicted octanol–water partition coefficient (Wildman–Crippen LogP) is 4.46. The van der Waals surface area contributed by atoms with Gasteiger partial charge in [0, 0.05) is 18.7 Å². The number of carbonyl (C=O) groups excluding carboxylic acids is 1. The fourth-order valence-corrected chi connectivity index (χ4v) is 4.65. The number of sulfonamides is 1. The number of nitrogens with one attached hydrogen (secondary N) is 1. The molecule has 0 fully saturated rings. The molecule has 0 saturated heterocycles. The number of hydrogen-bond donors (Lipinski definition) is 1. The lowest BCUT2D eigenvalue weighted by Gasteiger charge is -2.20. The van der Waals surface area contributed by atoms with Gasteiger partial charge in [0.25, 0.3) is 5.91 Å². The third kappa shape index (κ3) is 5.58. The Kier molecular flexibility index (Phi) is 8.22. The van der Waals surface area contributed by atoms with E-state index in [0.29, 0.717) is 36.7 Å². The standard InChI is InChI=1S/C22H30N2O4S/c1-5-8-15-28-20-12-10-9-11-19(20)23-22(25)18-14-13-17(4)21(16-18)29(26,27)24(6-2)7-3/h9-14,16H,5-8,15H2,1-4H3,(H,23,25). The van der Waals surface area contributed by atoms with Gasteiger partial charge in [-0.25, -0.2) is 8.42 Å². The van der Waals surface area contributed by atoms with Crippen LogP contribution in [-0.4, -0.2) is 38.3 Å². The Balaban J connectivity index is 2.30. The molecule has 0 unspecified atom stereocenters. The normalized spacial score (nSPS) is 11.5. The number of para-hydroxylation sites is 2. The van der Waals surface area contributed by atoms with Crippen LogP contribution in [0.3, 0.4) is 0 Å². The molecule has 158 valence electrons. The van der Waals surface area contributed by atoms with Crippen LogP contribution < -0.4 is 10.1 Å². The molecular formula is C22H30N2O4S. The molecule has 0 atom stereocenters. The Hall–Kier alpha value is -2.38. The number of ether oxygens (including phenoxy) is 1. The minimum absolute atomic E-state index is 0.154. The number of carbonyl (C=O) groups is 1. The highest BCUT2D eigenvalue weighted by Gasteiger charge is 2.24. The number of aryl methyl sites for hydroxylation is 1. The topological polar surface area (TPSA) is 75.7 Å². The van der Waals surface area contributed by atoms with Crippen molar-refractivity contribution in [1.29, 1.82) is 0 Å². The van der Waals surface area contributed by atoms with Gasteiger partial charge in [-0.3, -0.25) is 4.79 Å². The van der Waals surface area contributed by atoms with Crippen molar-refractivity contribution in [3.8, 4) is 5.75 Å². The third-order valence-corrected chi connectivity index (χ3v) is 6.86. The lowest BCUT2D eigenvalue weighted by Crippen LogP contribution is -2.31. The molecule has 0 heterocycles. The van der Waals surface area contributed by atoms with Crippen LogP contribution in [-0.2, 0) is 10.0 Å².